The van der Waals surface area contributed by atoms with Gasteiger partial charge in [-0.15, -0.1) is 0 Å². The van der Waals surface area contributed by atoms with Crippen LogP contribution in [0.3, 0.4) is 0 Å². The topological polar surface area (TPSA) is 101 Å². The average Bonchev–Trinajstić information content (AvgIpc) is 2.85. The second-order valence-corrected chi connectivity index (χ2v) is 7.23. The molecule has 8 heteroatoms. The number of aryl methyl sites for hydroxylation is 1. The van der Waals surface area contributed by atoms with E-state index in [1.165, 1.54) is 0 Å². The quantitative estimate of drug-likeness (QED) is 0.374. The third-order valence-electron chi connectivity index (χ3n) is 4.95. The first-order valence-electron chi connectivity index (χ1n) is 10.5. The van der Waals surface area contributed by atoms with Gasteiger partial charge < -0.3 is 20.7 Å². The van der Waals surface area contributed by atoms with Gasteiger partial charge in [0.25, 0.3) is 0 Å². The normalized spacial score (nSPS) is 10.4. The van der Waals surface area contributed by atoms with Gasteiger partial charge in [0.2, 0.25) is 11.8 Å². The molecular formula is C25H24N6O2. The smallest absolute Gasteiger partial charge is 0.319 e. The molecule has 0 aliphatic heterocycles. The van der Waals surface area contributed by atoms with E-state index in [4.69, 9.17) is 4.74 Å². The highest BCUT2D eigenvalue weighted by Crippen LogP contribution is 2.30. The highest BCUT2D eigenvalue weighted by molar-refractivity contribution is 5.89. The number of nitrogens with zero attached hydrogens (tertiary/aromatic N) is 3. The molecule has 3 N–H and O–H groups in total. The van der Waals surface area contributed by atoms with Crippen LogP contribution >= 0.6 is 0 Å². The van der Waals surface area contributed by atoms with Crippen LogP contribution in [0.2, 0.25) is 0 Å². The van der Waals surface area contributed by atoms with Gasteiger partial charge in [-0.1, -0.05) is 24.3 Å². The maximum atomic E-state index is 12.2. The monoisotopic (exact) mass is 440 g/mol. The Balaban J connectivity index is 1.40. The number of carbonyl (C=O) groups excluding carboxylic acids is 1. The van der Waals surface area contributed by atoms with E-state index in [-0.39, 0.29) is 6.03 Å². The Morgan fingerprint density at radius 2 is 1.76 bits per heavy atom. The molecule has 2 heterocycles. The molecule has 166 valence electrons. The Morgan fingerprint density at radius 3 is 2.55 bits per heavy atom. The van der Waals surface area contributed by atoms with E-state index in [1.54, 1.807) is 49.8 Å². The molecule has 0 radical (unpaired) electrons. The Labute approximate surface area is 192 Å². The van der Waals surface area contributed by atoms with Crippen molar-refractivity contribution >= 4 is 17.7 Å². The molecule has 0 spiro atoms. The fourth-order valence-corrected chi connectivity index (χ4v) is 3.17. The summed E-state index contributed by atoms with van der Waals surface area (Å²) in [6.07, 6.45) is 3.34. The van der Waals surface area contributed by atoms with Crippen LogP contribution in [0.25, 0.3) is 11.3 Å². The van der Waals surface area contributed by atoms with Crippen molar-refractivity contribution in [2.75, 3.05) is 17.7 Å². The Morgan fingerprint density at radius 1 is 0.939 bits per heavy atom. The molecule has 2 aromatic heterocycles. The minimum absolute atomic E-state index is 0.275. The van der Waals surface area contributed by atoms with Crippen molar-refractivity contribution in [3.63, 3.8) is 0 Å². The van der Waals surface area contributed by atoms with Gasteiger partial charge >= 0.3 is 6.03 Å². The van der Waals surface area contributed by atoms with Crippen molar-refractivity contribution < 1.29 is 9.53 Å². The summed E-state index contributed by atoms with van der Waals surface area (Å²) in [5.41, 5.74) is 4.31. The summed E-state index contributed by atoms with van der Waals surface area (Å²) in [4.78, 5) is 25.2. The Kier molecular flexibility index (Phi) is 6.75. The van der Waals surface area contributed by atoms with Crippen molar-refractivity contribution in [1.29, 1.82) is 0 Å². The minimum atomic E-state index is -0.275. The summed E-state index contributed by atoms with van der Waals surface area (Å²) in [5, 5.41) is 8.62. The highest BCUT2D eigenvalue weighted by atomic mass is 16.5. The number of amides is 2. The molecule has 0 aliphatic carbocycles. The number of urea groups is 1. The van der Waals surface area contributed by atoms with Crippen LogP contribution in [0.15, 0.2) is 79.1 Å². The fourth-order valence-electron chi connectivity index (χ4n) is 3.17. The maximum Gasteiger partial charge on any atom is 0.319 e. The lowest BCUT2D eigenvalue weighted by atomic mass is 10.1. The van der Waals surface area contributed by atoms with Gasteiger partial charge in [0.05, 0.1) is 11.3 Å². The first-order chi connectivity index (χ1) is 16.1. The molecule has 2 aromatic carbocycles. The Bertz CT molecular complexity index is 1240. The summed E-state index contributed by atoms with van der Waals surface area (Å²) >= 11 is 0. The van der Waals surface area contributed by atoms with Gasteiger partial charge in [-0.25, -0.2) is 19.7 Å². The van der Waals surface area contributed by atoms with Crippen LogP contribution in [0, 0.1) is 6.92 Å². The van der Waals surface area contributed by atoms with Gasteiger partial charge in [-0.3, -0.25) is 0 Å². The van der Waals surface area contributed by atoms with E-state index in [2.05, 4.69) is 30.9 Å². The maximum absolute atomic E-state index is 12.2. The largest absolute Gasteiger partial charge is 0.438 e. The lowest BCUT2D eigenvalue weighted by Crippen LogP contribution is -2.28. The summed E-state index contributed by atoms with van der Waals surface area (Å²) < 4.78 is 6.00. The molecule has 33 heavy (non-hydrogen) atoms. The van der Waals surface area contributed by atoms with Crippen LogP contribution in [-0.2, 0) is 6.54 Å². The zero-order valence-electron chi connectivity index (χ0n) is 18.4. The van der Waals surface area contributed by atoms with E-state index < -0.39 is 0 Å². The standard InChI is InChI=1S/C25H24N6O2/c1-17-6-3-4-7-18(17)16-29-25(32)30-19-9-11-20(12-10-19)33-23-21(8-5-14-27-23)22-13-15-28-24(26-2)31-22/h3-15H,16H2,1-2H3,(H,26,28,31)(H2,29,30,32). The molecule has 0 saturated heterocycles. The summed E-state index contributed by atoms with van der Waals surface area (Å²) in [6.45, 7) is 2.48. The molecule has 0 unspecified atom stereocenters. The summed E-state index contributed by atoms with van der Waals surface area (Å²) in [7, 11) is 1.76. The van der Waals surface area contributed by atoms with Crippen molar-refractivity contribution in [3.05, 3.63) is 90.3 Å². The van der Waals surface area contributed by atoms with Gasteiger partial charge in [0.1, 0.15) is 5.75 Å². The first-order valence-corrected chi connectivity index (χ1v) is 10.5. The summed E-state index contributed by atoms with van der Waals surface area (Å²) in [5.74, 6) is 1.53. The van der Waals surface area contributed by atoms with Crippen LogP contribution < -0.4 is 20.7 Å². The molecule has 4 aromatic rings. The number of aromatic nitrogens is 3. The van der Waals surface area contributed by atoms with Crippen molar-refractivity contribution in [3.8, 4) is 22.9 Å². The molecule has 0 bridgehead atoms. The van der Waals surface area contributed by atoms with E-state index >= 15 is 0 Å². The number of rotatable bonds is 7. The number of pyridine rings is 1. The molecule has 2 amide bonds. The minimum Gasteiger partial charge on any atom is -0.438 e. The number of benzene rings is 2. The number of hydrogen-bond acceptors (Lipinski definition) is 6. The number of hydrogen-bond donors (Lipinski definition) is 3. The van der Waals surface area contributed by atoms with E-state index in [0.717, 1.165) is 16.7 Å². The zero-order chi connectivity index (χ0) is 23.0. The molecule has 0 fully saturated rings. The number of nitrogens with one attached hydrogen (secondary N) is 3. The first kappa shape index (κ1) is 21.8. The molecule has 4 rings (SSSR count). The molecule has 8 nitrogen and oxygen atoms in total. The van der Waals surface area contributed by atoms with Crippen LogP contribution in [-0.4, -0.2) is 28.0 Å². The van der Waals surface area contributed by atoms with Gasteiger partial charge in [-0.2, -0.15) is 0 Å². The fraction of sp³-hybridized carbons (Fsp3) is 0.120. The highest BCUT2D eigenvalue weighted by Gasteiger charge is 2.11. The zero-order valence-corrected chi connectivity index (χ0v) is 18.4. The predicted octanol–water partition coefficient (Wildman–Crippen LogP) is 5.00. The Hall–Kier alpha value is -4.46. The molecule has 0 aliphatic rings. The number of anilines is 2. The average molecular weight is 441 g/mol. The van der Waals surface area contributed by atoms with E-state index in [1.807, 2.05) is 43.3 Å². The van der Waals surface area contributed by atoms with Crippen molar-refractivity contribution in [2.45, 2.75) is 13.5 Å². The van der Waals surface area contributed by atoms with Crippen LogP contribution in [0.1, 0.15) is 11.1 Å². The van der Waals surface area contributed by atoms with Crippen LogP contribution in [0.4, 0.5) is 16.4 Å². The molecule has 0 saturated carbocycles. The van der Waals surface area contributed by atoms with E-state index in [9.17, 15) is 4.79 Å². The van der Waals surface area contributed by atoms with E-state index in [0.29, 0.717) is 35.5 Å². The third-order valence-corrected chi connectivity index (χ3v) is 4.95. The lowest BCUT2D eigenvalue weighted by molar-refractivity contribution is 0.251. The summed E-state index contributed by atoms with van der Waals surface area (Å²) in [6, 6.07) is 20.3. The van der Waals surface area contributed by atoms with Crippen molar-refractivity contribution in [1.82, 2.24) is 20.3 Å². The number of ether oxygens (including phenoxy) is 1. The van der Waals surface area contributed by atoms with Crippen molar-refractivity contribution in [2.24, 2.45) is 0 Å². The van der Waals surface area contributed by atoms with Crippen LogP contribution in [0.5, 0.6) is 11.6 Å². The van der Waals surface area contributed by atoms with Gasteiger partial charge in [-0.05, 0) is 60.5 Å². The number of carbonyl (C=O) groups is 1. The van der Waals surface area contributed by atoms with Gasteiger partial charge in [0.15, 0.2) is 0 Å². The third kappa shape index (κ3) is 5.62. The SMILES string of the molecule is CNc1nccc(-c2cccnc2Oc2ccc(NC(=O)NCc3ccccc3C)cc2)n1. The second kappa shape index (κ2) is 10.2. The van der Waals surface area contributed by atoms with Gasteiger partial charge in [0, 0.05) is 31.7 Å². The lowest BCUT2D eigenvalue weighted by Gasteiger charge is -2.12. The molecule has 0 atom stereocenters. The molecular weight excluding hydrogens is 416 g/mol. The predicted molar refractivity (Wildman–Crippen MR) is 128 cm³/mol. The second-order valence-electron chi connectivity index (χ2n) is 7.23.